The second-order valence-corrected chi connectivity index (χ2v) is 7.89. The number of ether oxygens (including phenoxy) is 1. The third kappa shape index (κ3) is 3.95. The van der Waals surface area contributed by atoms with Gasteiger partial charge in [0.25, 0.3) is 0 Å². The van der Waals surface area contributed by atoms with Gasteiger partial charge >= 0.3 is 5.97 Å². The van der Waals surface area contributed by atoms with E-state index in [4.69, 9.17) is 4.74 Å². The van der Waals surface area contributed by atoms with Gasteiger partial charge in [-0.15, -0.1) is 0 Å². The zero-order valence-electron chi connectivity index (χ0n) is 13.7. The molecule has 1 unspecified atom stereocenters. The number of methoxy groups -OCH3 is 1. The standard InChI is InChI=1S/C16H30N2O2/c1-15(2,3)10-18(4)11-16(12-6-7-12,14(19)20-5)17-13-8-9-13/h12-13,17H,6-11H2,1-5H3. The molecule has 116 valence electrons. The molecule has 20 heavy (non-hydrogen) atoms. The van der Waals surface area contributed by atoms with Crippen LogP contribution in [0.2, 0.25) is 0 Å². The lowest BCUT2D eigenvalue weighted by atomic mass is 9.90. The maximum Gasteiger partial charge on any atom is 0.327 e. The van der Waals surface area contributed by atoms with Crippen LogP contribution in [0.5, 0.6) is 0 Å². The van der Waals surface area contributed by atoms with E-state index in [1.807, 2.05) is 0 Å². The zero-order valence-corrected chi connectivity index (χ0v) is 13.7. The summed E-state index contributed by atoms with van der Waals surface area (Å²) in [5.41, 5.74) is -0.254. The van der Waals surface area contributed by atoms with Crippen LogP contribution >= 0.6 is 0 Å². The minimum atomic E-state index is -0.490. The molecule has 1 N–H and O–H groups in total. The van der Waals surface area contributed by atoms with Gasteiger partial charge in [0.1, 0.15) is 5.54 Å². The van der Waals surface area contributed by atoms with Crippen LogP contribution in [-0.4, -0.2) is 49.7 Å². The van der Waals surface area contributed by atoms with Crippen LogP contribution in [0.4, 0.5) is 0 Å². The van der Waals surface area contributed by atoms with Gasteiger partial charge in [0, 0.05) is 19.1 Å². The van der Waals surface area contributed by atoms with Gasteiger partial charge < -0.3 is 9.64 Å². The molecule has 4 nitrogen and oxygen atoms in total. The summed E-state index contributed by atoms with van der Waals surface area (Å²) >= 11 is 0. The average molecular weight is 282 g/mol. The van der Waals surface area contributed by atoms with Crippen molar-refractivity contribution < 1.29 is 9.53 Å². The lowest BCUT2D eigenvalue weighted by molar-refractivity contribution is -0.151. The molecule has 0 heterocycles. The van der Waals surface area contributed by atoms with Crippen molar-refractivity contribution in [1.29, 1.82) is 0 Å². The number of likely N-dealkylation sites (N-methyl/N-ethyl adjacent to an activating group) is 1. The fourth-order valence-electron chi connectivity index (χ4n) is 3.22. The lowest BCUT2D eigenvalue weighted by Gasteiger charge is -2.38. The highest BCUT2D eigenvalue weighted by Crippen LogP contribution is 2.43. The van der Waals surface area contributed by atoms with Crippen molar-refractivity contribution in [3.05, 3.63) is 0 Å². The van der Waals surface area contributed by atoms with E-state index in [1.165, 1.54) is 20.0 Å². The predicted molar refractivity (Wildman–Crippen MR) is 80.6 cm³/mol. The minimum absolute atomic E-state index is 0.0762. The Morgan fingerprint density at radius 2 is 1.80 bits per heavy atom. The number of nitrogens with zero attached hydrogens (tertiary/aromatic N) is 1. The third-order valence-corrected chi connectivity index (χ3v) is 4.13. The molecule has 2 saturated carbocycles. The van der Waals surface area contributed by atoms with Gasteiger partial charge in [0.2, 0.25) is 0 Å². The Morgan fingerprint density at radius 1 is 1.20 bits per heavy atom. The molecule has 2 aliphatic rings. The van der Waals surface area contributed by atoms with Crippen molar-refractivity contribution >= 4 is 5.97 Å². The molecule has 2 rings (SSSR count). The first-order valence-electron chi connectivity index (χ1n) is 7.81. The lowest BCUT2D eigenvalue weighted by Crippen LogP contribution is -2.62. The molecular weight excluding hydrogens is 252 g/mol. The summed E-state index contributed by atoms with van der Waals surface area (Å²) in [6, 6.07) is 0.512. The highest BCUT2D eigenvalue weighted by atomic mass is 16.5. The number of hydrogen-bond donors (Lipinski definition) is 1. The van der Waals surface area contributed by atoms with E-state index in [1.54, 1.807) is 0 Å². The first-order valence-corrected chi connectivity index (χ1v) is 7.81. The van der Waals surface area contributed by atoms with E-state index >= 15 is 0 Å². The third-order valence-electron chi connectivity index (χ3n) is 4.13. The zero-order chi connectivity index (χ0) is 15.0. The van der Waals surface area contributed by atoms with Gasteiger partial charge in [-0.05, 0) is 44.1 Å². The van der Waals surface area contributed by atoms with Crippen molar-refractivity contribution in [3.63, 3.8) is 0 Å². The highest BCUT2D eigenvalue weighted by Gasteiger charge is 2.54. The van der Waals surface area contributed by atoms with Gasteiger partial charge in [-0.2, -0.15) is 0 Å². The molecule has 0 aromatic rings. The maximum absolute atomic E-state index is 12.5. The summed E-state index contributed by atoms with van der Waals surface area (Å²) in [7, 11) is 3.62. The second kappa shape index (κ2) is 5.64. The van der Waals surface area contributed by atoms with Gasteiger partial charge in [-0.1, -0.05) is 20.8 Å². The molecule has 4 heteroatoms. The van der Waals surface area contributed by atoms with E-state index in [9.17, 15) is 4.79 Å². The van der Waals surface area contributed by atoms with Crippen LogP contribution in [0.15, 0.2) is 0 Å². The number of carbonyl (C=O) groups excluding carboxylic acids is 1. The minimum Gasteiger partial charge on any atom is -0.468 e. The Balaban J connectivity index is 2.09. The van der Waals surface area contributed by atoms with Gasteiger partial charge in [0.05, 0.1) is 7.11 Å². The van der Waals surface area contributed by atoms with Crippen molar-refractivity contribution in [2.45, 2.75) is 58.0 Å². The van der Waals surface area contributed by atoms with Crippen LogP contribution < -0.4 is 5.32 Å². The van der Waals surface area contributed by atoms with E-state index in [-0.39, 0.29) is 11.4 Å². The average Bonchev–Trinajstić information content (AvgIpc) is 3.15. The molecule has 0 bridgehead atoms. The number of esters is 1. The highest BCUT2D eigenvalue weighted by molar-refractivity contribution is 5.82. The smallest absolute Gasteiger partial charge is 0.327 e. The van der Waals surface area contributed by atoms with Crippen molar-refractivity contribution in [1.82, 2.24) is 10.2 Å². The molecule has 0 spiro atoms. The molecule has 0 aromatic heterocycles. The molecule has 0 amide bonds. The summed E-state index contributed by atoms with van der Waals surface area (Å²) in [6.07, 6.45) is 4.65. The Bertz CT molecular complexity index is 356. The number of carbonyl (C=O) groups is 1. The molecular formula is C16H30N2O2. The van der Waals surface area contributed by atoms with Crippen molar-refractivity contribution in [2.24, 2.45) is 11.3 Å². The number of hydrogen-bond acceptors (Lipinski definition) is 4. The van der Waals surface area contributed by atoms with Crippen LogP contribution in [0.1, 0.15) is 46.5 Å². The van der Waals surface area contributed by atoms with E-state index in [0.717, 1.165) is 25.9 Å². The summed E-state index contributed by atoms with van der Waals surface area (Å²) < 4.78 is 5.15. The summed E-state index contributed by atoms with van der Waals surface area (Å²) in [5.74, 6) is 0.366. The molecule has 0 saturated heterocycles. The van der Waals surface area contributed by atoms with Crippen LogP contribution in [-0.2, 0) is 9.53 Å². The topological polar surface area (TPSA) is 41.6 Å². The van der Waals surface area contributed by atoms with Gasteiger partial charge in [0.15, 0.2) is 0 Å². The van der Waals surface area contributed by atoms with Crippen LogP contribution in [0, 0.1) is 11.3 Å². The molecule has 2 aliphatic carbocycles. The first-order chi connectivity index (χ1) is 9.27. The van der Waals surface area contributed by atoms with E-state index in [2.05, 4.69) is 38.0 Å². The molecule has 0 radical (unpaired) electrons. The Labute approximate surface area is 123 Å². The van der Waals surface area contributed by atoms with E-state index in [0.29, 0.717) is 12.0 Å². The monoisotopic (exact) mass is 282 g/mol. The van der Waals surface area contributed by atoms with Gasteiger partial charge in [-0.25, -0.2) is 4.79 Å². The molecule has 1 atom stereocenters. The Morgan fingerprint density at radius 3 is 2.20 bits per heavy atom. The summed E-state index contributed by atoms with van der Waals surface area (Å²) in [5, 5.41) is 3.62. The summed E-state index contributed by atoms with van der Waals surface area (Å²) in [4.78, 5) is 14.8. The quantitative estimate of drug-likeness (QED) is 0.726. The fraction of sp³-hybridized carbons (Fsp3) is 0.938. The largest absolute Gasteiger partial charge is 0.468 e. The van der Waals surface area contributed by atoms with Gasteiger partial charge in [-0.3, -0.25) is 5.32 Å². The number of nitrogens with one attached hydrogen (secondary N) is 1. The molecule has 0 aliphatic heterocycles. The van der Waals surface area contributed by atoms with Crippen LogP contribution in [0.25, 0.3) is 0 Å². The number of rotatable bonds is 7. The van der Waals surface area contributed by atoms with Crippen molar-refractivity contribution in [3.8, 4) is 0 Å². The molecule has 2 fully saturated rings. The summed E-state index contributed by atoms with van der Waals surface area (Å²) in [6.45, 7) is 8.42. The Kier molecular flexibility index (Phi) is 4.45. The molecule has 0 aromatic carbocycles. The first kappa shape index (κ1) is 15.8. The van der Waals surface area contributed by atoms with Crippen molar-refractivity contribution in [2.75, 3.05) is 27.2 Å². The Hall–Kier alpha value is -0.610. The van der Waals surface area contributed by atoms with Crippen LogP contribution in [0.3, 0.4) is 0 Å². The van der Waals surface area contributed by atoms with E-state index < -0.39 is 5.54 Å². The maximum atomic E-state index is 12.5. The predicted octanol–water partition coefficient (Wildman–Crippen LogP) is 2.04. The normalized spacial score (nSPS) is 22.7. The second-order valence-electron chi connectivity index (χ2n) is 7.89. The SMILES string of the molecule is COC(=O)C(CN(C)CC(C)(C)C)(NC1CC1)C1CC1. The fourth-order valence-corrected chi connectivity index (χ4v) is 3.22.